The Labute approximate surface area is 71.9 Å². The Hall–Kier alpha value is -0.710. The van der Waals surface area contributed by atoms with Crippen LogP contribution in [0.2, 0.25) is 0 Å². The van der Waals surface area contributed by atoms with Crippen molar-refractivity contribution in [3.8, 4) is 0 Å². The monoisotopic (exact) mass is 202 g/mol. The van der Waals surface area contributed by atoms with Gasteiger partial charge >= 0.3 is 12.1 Å². The molecule has 0 spiro atoms. The van der Waals surface area contributed by atoms with Gasteiger partial charge in [-0.05, 0) is 6.92 Å². The normalized spacial score (nSPS) is 13.8. The van der Waals surface area contributed by atoms with E-state index in [0.717, 1.165) is 0 Å². The van der Waals surface area contributed by atoms with E-state index in [0.29, 0.717) is 0 Å². The predicted molar refractivity (Wildman–Crippen MR) is 36.6 cm³/mol. The van der Waals surface area contributed by atoms with Gasteiger partial charge < -0.3 is 4.74 Å². The Morgan fingerprint density at radius 3 is 2.25 bits per heavy atom. The fourth-order valence-electron chi connectivity index (χ4n) is 0.261. The van der Waals surface area contributed by atoms with Crippen molar-refractivity contribution in [3.63, 3.8) is 0 Å². The van der Waals surface area contributed by atoms with Crippen LogP contribution < -0.4 is 0 Å². The Morgan fingerprint density at radius 2 is 2.00 bits per heavy atom. The summed E-state index contributed by atoms with van der Waals surface area (Å²) in [5, 5.41) is 0. The van der Waals surface area contributed by atoms with Gasteiger partial charge in [0.1, 0.15) is 0 Å². The highest BCUT2D eigenvalue weighted by Gasteiger charge is 2.41. The minimum Gasteiger partial charge on any atom is -0.433 e. The van der Waals surface area contributed by atoms with Crippen molar-refractivity contribution in [3.05, 3.63) is 12.2 Å². The van der Waals surface area contributed by atoms with Crippen LogP contribution in [0, 0.1) is 0 Å². The average molecular weight is 203 g/mol. The second kappa shape index (κ2) is 3.80. The molecule has 1 atom stereocenters. The zero-order valence-corrected chi connectivity index (χ0v) is 6.87. The van der Waals surface area contributed by atoms with Gasteiger partial charge in [0.05, 0.1) is 0 Å². The molecule has 1 unspecified atom stereocenters. The van der Waals surface area contributed by atoms with E-state index in [1.807, 2.05) is 0 Å². The van der Waals surface area contributed by atoms with E-state index in [1.165, 1.54) is 6.92 Å². The van der Waals surface area contributed by atoms with E-state index in [-0.39, 0.29) is 5.57 Å². The van der Waals surface area contributed by atoms with Crippen LogP contribution in [-0.4, -0.2) is 17.7 Å². The van der Waals surface area contributed by atoms with Gasteiger partial charge in [0.2, 0.25) is 0 Å². The average Bonchev–Trinajstić information content (AvgIpc) is 1.85. The maximum Gasteiger partial charge on any atom is 0.440 e. The number of carbonyl (C=O) groups is 1. The first kappa shape index (κ1) is 11.3. The highest BCUT2D eigenvalue weighted by Crippen LogP contribution is 2.26. The minimum absolute atomic E-state index is 0.134. The number of halogens is 4. The van der Waals surface area contributed by atoms with E-state index in [9.17, 15) is 18.0 Å². The Balaban J connectivity index is 4.11. The van der Waals surface area contributed by atoms with Crippen LogP contribution in [0.4, 0.5) is 13.2 Å². The molecule has 0 aliphatic heterocycles. The molecule has 0 aromatic carbocycles. The van der Waals surface area contributed by atoms with Crippen molar-refractivity contribution in [2.45, 2.75) is 18.7 Å². The topological polar surface area (TPSA) is 26.3 Å². The third kappa shape index (κ3) is 3.61. The van der Waals surface area contributed by atoms with Crippen molar-refractivity contribution >= 4 is 17.6 Å². The van der Waals surface area contributed by atoms with Gasteiger partial charge in [0, 0.05) is 5.57 Å². The molecular formula is C6H6ClF3O2. The summed E-state index contributed by atoms with van der Waals surface area (Å²) in [4.78, 5) is 10.5. The first-order chi connectivity index (χ1) is 5.25. The summed E-state index contributed by atoms with van der Waals surface area (Å²) in [5.41, 5.74) is -2.74. The highest BCUT2D eigenvalue weighted by molar-refractivity contribution is 6.21. The van der Waals surface area contributed by atoms with Crippen molar-refractivity contribution in [1.82, 2.24) is 0 Å². The molecule has 6 heteroatoms. The molecule has 0 radical (unpaired) electrons. The number of hydrogen-bond donors (Lipinski definition) is 0. The fourth-order valence-corrected chi connectivity index (χ4v) is 0.342. The molecule has 0 saturated carbocycles. The summed E-state index contributed by atoms with van der Waals surface area (Å²) in [6.07, 6.45) is -4.74. The first-order valence-electron chi connectivity index (χ1n) is 2.82. The summed E-state index contributed by atoms with van der Waals surface area (Å²) in [5.74, 6) is -1.16. The van der Waals surface area contributed by atoms with Gasteiger partial charge in [-0.2, -0.15) is 13.2 Å². The number of hydrogen-bond acceptors (Lipinski definition) is 2. The van der Waals surface area contributed by atoms with Gasteiger partial charge in [-0.3, -0.25) is 0 Å². The molecule has 70 valence electrons. The number of ether oxygens (including phenoxy) is 1. The van der Waals surface area contributed by atoms with Gasteiger partial charge in [-0.1, -0.05) is 18.2 Å². The van der Waals surface area contributed by atoms with Gasteiger partial charge in [0.25, 0.3) is 5.56 Å². The summed E-state index contributed by atoms with van der Waals surface area (Å²) in [7, 11) is 0. The second-order valence-corrected chi connectivity index (χ2v) is 2.44. The van der Waals surface area contributed by atoms with Crippen LogP contribution in [0.1, 0.15) is 6.92 Å². The number of esters is 1. The molecule has 0 amide bonds. The second-order valence-electron chi connectivity index (χ2n) is 2.04. The summed E-state index contributed by atoms with van der Waals surface area (Å²) in [6.45, 7) is 4.31. The van der Waals surface area contributed by atoms with Gasteiger partial charge in [0.15, 0.2) is 0 Å². The van der Waals surface area contributed by atoms with E-state index in [2.05, 4.69) is 22.9 Å². The maximum absolute atomic E-state index is 11.6. The SMILES string of the molecule is C=C(C)C(=O)OC(Cl)C(F)(F)F. The molecule has 0 aliphatic carbocycles. The van der Waals surface area contributed by atoms with E-state index < -0.39 is 17.7 Å². The molecule has 0 N–H and O–H groups in total. The van der Waals surface area contributed by atoms with Crippen molar-refractivity contribution in [1.29, 1.82) is 0 Å². The molecule has 0 aliphatic rings. The zero-order chi connectivity index (χ0) is 9.94. The predicted octanol–water partition coefficient (Wildman–Crippen LogP) is 2.23. The molecule has 0 bridgehead atoms. The molecule has 0 rings (SSSR count). The third-order valence-electron chi connectivity index (χ3n) is 0.816. The van der Waals surface area contributed by atoms with Crippen LogP contribution in [0.25, 0.3) is 0 Å². The largest absolute Gasteiger partial charge is 0.440 e. The van der Waals surface area contributed by atoms with Gasteiger partial charge in [-0.15, -0.1) is 0 Å². The van der Waals surface area contributed by atoms with E-state index in [4.69, 9.17) is 0 Å². The molecule has 0 aromatic rings. The number of carbonyl (C=O) groups excluding carboxylic acids is 1. The Morgan fingerprint density at radius 1 is 1.58 bits per heavy atom. The molecule has 0 saturated heterocycles. The summed E-state index contributed by atoms with van der Waals surface area (Å²) in [6, 6.07) is 0. The molecule has 2 nitrogen and oxygen atoms in total. The van der Waals surface area contributed by atoms with Crippen LogP contribution >= 0.6 is 11.6 Å². The summed E-state index contributed by atoms with van der Waals surface area (Å²) < 4.78 is 38.7. The lowest BCUT2D eigenvalue weighted by molar-refractivity contribution is -0.196. The molecule has 12 heavy (non-hydrogen) atoms. The minimum atomic E-state index is -4.74. The van der Waals surface area contributed by atoms with Crippen molar-refractivity contribution < 1.29 is 22.7 Å². The smallest absolute Gasteiger partial charge is 0.433 e. The number of rotatable bonds is 2. The quantitative estimate of drug-likeness (QED) is 0.390. The lowest BCUT2D eigenvalue weighted by Crippen LogP contribution is -2.28. The Bertz CT molecular complexity index is 199. The van der Waals surface area contributed by atoms with Crippen LogP contribution in [0.15, 0.2) is 12.2 Å². The van der Waals surface area contributed by atoms with Crippen LogP contribution in [-0.2, 0) is 9.53 Å². The van der Waals surface area contributed by atoms with Crippen LogP contribution in [0.3, 0.4) is 0 Å². The standard InChI is InChI=1S/C6H6ClF3O2/c1-3(2)4(11)12-5(7)6(8,9)10/h5H,1H2,2H3. The number of alkyl halides is 4. The Kier molecular flexibility index (Phi) is 3.57. The van der Waals surface area contributed by atoms with E-state index >= 15 is 0 Å². The van der Waals surface area contributed by atoms with Crippen molar-refractivity contribution in [2.75, 3.05) is 0 Å². The lowest BCUT2D eigenvalue weighted by atomic mass is 10.4. The third-order valence-corrected chi connectivity index (χ3v) is 1.15. The van der Waals surface area contributed by atoms with Gasteiger partial charge in [-0.25, -0.2) is 4.79 Å². The first-order valence-corrected chi connectivity index (χ1v) is 3.26. The highest BCUT2D eigenvalue weighted by atomic mass is 35.5. The van der Waals surface area contributed by atoms with E-state index in [1.54, 1.807) is 0 Å². The fraction of sp³-hybridized carbons (Fsp3) is 0.500. The zero-order valence-electron chi connectivity index (χ0n) is 6.11. The molecule has 0 heterocycles. The molecular weight excluding hydrogens is 197 g/mol. The van der Waals surface area contributed by atoms with Crippen molar-refractivity contribution in [2.24, 2.45) is 0 Å². The molecule has 0 aromatic heterocycles. The summed E-state index contributed by atoms with van der Waals surface area (Å²) >= 11 is 4.69. The lowest BCUT2D eigenvalue weighted by Gasteiger charge is -2.13. The van der Waals surface area contributed by atoms with Crippen LogP contribution in [0.5, 0.6) is 0 Å². The molecule has 0 fully saturated rings. The maximum atomic E-state index is 11.6.